The Bertz CT molecular complexity index is 2800. The highest BCUT2D eigenvalue weighted by Gasteiger charge is 2.19. The highest BCUT2D eigenvalue weighted by Crippen LogP contribution is 2.47. The molecule has 1 heterocycles. The summed E-state index contributed by atoms with van der Waals surface area (Å²) >= 11 is 0. The van der Waals surface area contributed by atoms with Gasteiger partial charge in [-0.2, -0.15) is 0 Å². The number of hydrogen-bond donors (Lipinski definition) is 0. The molecule has 0 radical (unpaired) electrons. The topological polar surface area (TPSA) is 13.1 Å². The molecule has 0 unspecified atom stereocenters. The van der Waals surface area contributed by atoms with Gasteiger partial charge in [-0.15, -0.1) is 0 Å². The number of hydrogen-bond acceptors (Lipinski definition) is 1. The van der Waals surface area contributed by atoms with Crippen molar-refractivity contribution in [3.63, 3.8) is 0 Å². The van der Waals surface area contributed by atoms with Crippen LogP contribution in [0.2, 0.25) is 0 Å². The van der Waals surface area contributed by atoms with E-state index in [1.807, 2.05) is 12.1 Å². The molecule has 0 saturated heterocycles. The minimum Gasteiger partial charge on any atom is -0.456 e. The van der Waals surface area contributed by atoms with Crippen molar-refractivity contribution in [1.29, 1.82) is 0 Å². The van der Waals surface area contributed by atoms with Crippen molar-refractivity contribution >= 4 is 54.3 Å². The van der Waals surface area contributed by atoms with Gasteiger partial charge in [0.05, 0.1) is 0 Å². The standard InChI is InChI=1S/C48H30O/c1-2-12-31(13-3-1)32-22-24-33(25-23-32)47-39-17-6-8-19-41(39)48(42-20-9-7-18-40(42)47)43-28-27-35(36-14-4-5-15-37(36)43)34-26-29-46-44(30-34)38-16-10-11-21-45(38)49-46/h1-30H. The van der Waals surface area contributed by atoms with Crippen LogP contribution in [0.25, 0.3) is 98.8 Å². The lowest BCUT2D eigenvalue weighted by molar-refractivity contribution is 0.669. The molecule has 0 N–H and O–H groups in total. The summed E-state index contributed by atoms with van der Waals surface area (Å²) in [7, 11) is 0. The van der Waals surface area contributed by atoms with Gasteiger partial charge in [-0.1, -0.05) is 164 Å². The van der Waals surface area contributed by atoms with Crippen LogP contribution < -0.4 is 0 Å². The highest BCUT2D eigenvalue weighted by atomic mass is 16.3. The summed E-state index contributed by atoms with van der Waals surface area (Å²) in [5.41, 5.74) is 11.7. The third kappa shape index (κ3) is 4.40. The molecule has 9 aromatic carbocycles. The summed E-state index contributed by atoms with van der Waals surface area (Å²) in [6.07, 6.45) is 0. The number of para-hydroxylation sites is 1. The predicted octanol–water partition coefficient (Wildman–Crippen LogP) is 13.7. The van der Waals surface area contributed by atoms with Gasteiger partial charge in [0, 0.05) is 10.8 Å². The zero-order valence-corrected chi connectivity index (χ0v) is 26.7. The largest absolute Gasteiger partial charge is 0.456 e. The molecule has 0 saturated carbocycles. The van der Waals surface area contributed by atoms with E-state index in [0.29, 0.717) is 0 Å². The summed E-state index contributed by atoms with van der Waals surface area (Å²) in [6.45, 7) is 0. The first kappa shape index (κ1) is 27.7. The second-order valence-corrected chi connectivity index (χ2v) is 12.8. The molecule has 0 amide bonds. The molecular formula is C48H30O. The maximum Gasteiger partial charge on any atom is 0.135 e. The van der Waals surface area contributed by atoms with Crippen molar-refractivity contribution in [2.75, 3.05) is 0 Å². The average molecular weight is 623 g/mol. The fraction of sp³-hybridized carbons (Fsp3) is 0. The van der Waals surface area contributed by atoms with E-state index in [1.54, 1.807) is 0 Å². The number of rotatable bonds is 4. The number of fused-ring (bicyclic) bond motifs is 6. The first-order chi connectivity index (χ1) is 24.3. The van der Waals surface area contributed by atoms with Crippen molar-refractivity contribution in [3.8, 4) is 44.5 Å². The highest BCUT2D eigenvalue weighted by molar-refractivity contribution is 6.24. The molecule has 0 aliphatic heterocycles. The van der Waals surface area contributed by atoms with E-state index in [2.05, 4.69) is 170 Å². The zero-order chi connectivity index (χ0) is 32.3. The first-order valence-corrected chi connectivity index (χ1v) is 16.8. The quantitative estimate of drug-likeness (QED) is 0.178. The molecule has 0 bridgehead atoms. The van der Waals surface area contributed by atoms with Gasteiger partial charge in [0.2, 0.25) is 0 Å². The molecule has 1 nitrogen and oxygen atoms in total. The second kappa shape index (κ2) is 11.1. The monoisotopic (exact) mass is 622 g/mol. The molecule has 0 fully saturated rings. The van der Waals surface area contributed by atoms with Crippen LogP contribution in [0, 0.1) is 0 Å². The van der Waals surface area contributed by atoms with E-state index in [1.165, 1.54) is 76.8 Å². The van der Waals surface area contributed by atoms with Crippen molar-refractivity contribution in [2.24, 2.45) is 0 Å². The predicted molar refractivity (Wildman–Crippen MR) is 208 cm³/mol. The molecule has 49 heavy (non-hydrogen) atoms. The smallest absolute Gasteiger partial charge is 0.135 e. The summed E-state index contributed by atoms with van der Waals surface area (Å²) in [5.74, 6) is 0. The summed E-state index contributed by atoms with van der Waals surface area (Å²) < 4.78 is 6.16. The van der Waals surface area contributed by atoms with Crippen LogP contribution in [0.4, 0.5) is 0 Å². The SMILES string of the molecule is c1ccc(-c2ccc(-c3c4ccccc4c(-c4ccc(-c5ccc6oc7ccccc7c6c5)c5ccccc45)c4ccccc34)cc2)cc1. The summed E-state index contributed by atoms with van der Waals surface area (Å²) in [6, 6.07) is 65.8. The Morgan fingerprint density at radius 3 is 1.37 bits per heavy atom. The molecule has 228 valence electrons. The van der Waals surface area contributed by atoms with E-state index in [4.69, 9.17) is 4.42 Å². The third-order valence-corrected chi connectivity index (χ3v) is 10.1. The minimum absolute atomic E-state index is 0.915. The fourth-order valence-electron chi connectivity index (χ4n) is 7.85. The molecule has 10 rings (SSSR count). The van der Waals surface area contributed by atoms with Crippen molar-refractivity contribution in [3.05, 3.63) is 182 Å². The van der Waals surface area contributed by atoms with Crippen LogP contribution in [-0.2, 0) is 0 Å². The normalized spacial score (nSPS) is 11.7. The van der Waals surface area contributed by atoms with Crippen LogP contribution >= 0.6 is 0 Å². The van der Waals surface area contributed by atoms with Gasteiger partial charge < -0.3 is 4.42 Å². The van der Waals surface area contributed by atoms with Crippen LogP contribution in [0.15, 0.2) is 186 Å². The van der Waals surface area contributed by atoms with Gasteiger partial charge in [0.15, 0.2) is 0 Å². The zero-order valence-electron chi connectivity index (χ0n) is 26.7. The van der Waals surface area contributed by atoms with Gasteiger partial charge >= 0.3 is 0 Å². The van der Waals surface area contributed by atoms with Gasteiger partial charge in [-0.05, 0) is 95.0 Å². The molecule has 1 aromatic heterocycles. The second-order valence-electron chi connectivity index (χ2n) is 12.8. The average Bonchev–Trinajstić information content (AvgIpc) is 3.55. The van der Waals surface area contributed by atoms with E-state index in [-0.39, 0.29) is 0 Å². The Morgan fingerprint density at radius 1 is 0.245 bits per heavy atom. The van der Waals surface area contributed by atoms with Gasteiger partial charge in [0.25, 0.3) is 0 Å². The van der Waals surface area contributed by atoms with Gasteiger partial charge in [-0.25, -0.2) is 0 Å². The fourth-order valence-corrected chi connectivity index (χ4v) is 7.85. The van der Waals surface area contributed by atoms with Crippen LogP contribution in [0.3, 0.4) is 0 Å². The molecule has 0 atom stereocenters. The van der Waals surface area contributed by atoms with Gasteiger partial charge in [-0.3, -0.25) is 0 Å². The lowest BCUT2D eigenvalue weighted by Crippen LogP contribution is -1.92. The van der Waals surface area contributed by atoms with Crippen molar-refractivity contribution < 1.29 is 4.42 Å². The van der Waals surface area contributed by atoms with Crippen molar-refractivity contribution in [2.45, 2.75) is 0 Å². The van der Waals surface area contributed by atoms with Crippen LogP contribution in [0.5, 0.6) is 0 Å². The summed E-state index contributed by atoms with van der Waals surface area (Å²) in [5, 5.41) is 9.80. The Morgan fingerprint density at radius 2 is 0.694 bits per heavy atom. The lowest BCUT2D eigenvalue weighted by atomic mass is 9.83. The molecule has 0 aliphatic carbocycles. The Balaban J connectivity index is 1.20. The van der Waals surface area contributed by atoms with E-state index in [9.17, 15) is 0 Å². The molecule has 10 aromatic rings. The van der Waals surface area contributed by atoms with Gasteiger partial charge in [0.1, 0.15) is 11.2 Å². The number of furan rings is 1. The van der Waals surface area contributed by atoms with E-state index >= 15 is 0 Å². The Kier molecular flexibility index (Phi) is 6.25. The number of benzene rings is 9. The Labute approximate surface area is 284 Å². The minimum atomic E-state index is 0.915. The maximum absolute atomic E-state index is 6.16. The molecule has 1 heteroatoms. The van der Waals surface area contributed by atoms with Crippen LogP contribution in [0.1, 0.15) is 0 Å². The molecule has 0 spiro atoms. The summed E-state index contributed by atoms with van der Waals surface area (Å²) in [4.78, 5) is 0. The molecule has 0 aliphatic rings. The lowest BCUT2D eigenvalue weighted by Gasteiger charge is -2.20. The maximum atomic E-state index is 6.16. The third-order valence-electron chi connectivity index (χ3n) is 10.1. The van der Waals surface area contributed by atoms with E-state index in [0.717, 1.165) is 21.9 Å². The molecular weight excluding hydrogens is 593 g/mol. The first-order valence-electron chi connectivity index (χ1n) is 16.8. The van der Waals surface area contributed by atoms with Crippen molar-refractivity contribution in [1.82, 2.24) is 0 Å². The Hall–Kier alpha value is -6.44. The van der Waals surface area contributed by atoms with Crippen LogP contribution in [-0.4, -0.2) is 0 Å². The van der Waals surface area contributed by atoms with E-state index < -0.39 is 0 Å².